The summed E-state index contributed by atoms with van der Waals surface area (Å²) in [7, 11) is 0. The molecule has 0 saturated carbocycles. The van der Waals surface area contributed by atoms with Crippen LogP contribution >= 0.6 is 0 Å². The van der Waals surface area contributed by atoms with E-state index in [1.807, 2.05) is 48.5 Å². The van der Waals surface area contributed by atoms with Crippen molar-refractivity contribution in [3.8, 4) is 11.1 Å². The van der Waals surface area contributed by atoms with Crippen molar-refractivity contribution in [2.75, 3.05) is 11.9 Å². The lowest BCUT2D eigenvalue weighted by molar-refractivity contribution is 0.249. The molecule has 0 bridgehead atoms. The van der Waals surface area contributed by atoms with Gasteiger partial charge in [-0.25, -0.2) is 19.7 Å². The predicted octanol–water partition coefficient (Wildman–Crippen LogP) is 2.16. The molecule has 0 radical (unpaired) electrons. The molecule has 2 heterocycles. The lowest BCUT2D eigenvalue weighted by Crippen LogP contribution is -2.28. The number of fused-ring (bicyclic) bond motifs is 1. The van der Waals surface area contributed by atoms with E-state index in [0.717, 1.165) is 40.0 Å². The number of aromatic nitrogens is 4. The summed E-state index contributed by atoms with van der Waals surface area (Å²) in [5.41, 5.74) is 15.1. The van der Waals surface area contributed by atoms with E-state index in [1.165, 1.54) is 0 Å². The molecule has 32 heavy (non-hydrogen) atoms. The number of imidazole rings is 1. The number of amides is 2. The van der Waals surface area contributed by atoms with E-state index in [0.29, 0.717) is 19.0 Å². The first-order valence-electron chi connectivity index (χ1n) is 10.0. The molecule has 0 spiro atoms. The van der Waals surface area contributed by atoms with E-state index >= 15 is 0 Å². The summed E-state index contributed by atoms with van der Waals surface area (Å²) in [5.74, 6) is 1.18. The van der Waals surface area contributed by atoms with Crippen LogP contribution in [0.1, 0.15) is 11.4 Å². The zero-order valence-corrected chi connectivity index (χ0v) is 17.2. The van der Waals surface area contributed by atoms with E-state index in [-0.39, 0.29) is 5.96 Å². The average Bonchev–Trinajstić information content (AvgIpc) is 3.21. The molecule has 162 valence electrons. The highest BCUT2D eigenvalue weighted by Crippen LogP contribution is 2.19. The van der Waals surface area contributed by atoms with Crippen LogP contribution in [0.15, 0.2) is 65.9 Å². The summed E-state index contributed by atoms with van der Waals surface area (Å²) in [6.45, 7) is 0.954. The summed E-state index contributed by atoms with van der Waals surface area (Å²) >= 11 is 0. The van der Waals surface area contributed by atoms with Gasteiger partial charge in [0.25, 0.3) is 0 Å². The van der Waals surface area contributed by atoms with Crippen LogP contribution in [0.4, 0.5) is 10.7 Å². The molecule has 0 unspecified atom stereocenters. The van der Waals surface area contributed by atoms with Gasteiger partial charge in [0.05, 0.1) is 11.0 Å². The molecular weight excluding hydrogens is 406 g/mol. The van der Waals surface area contributed by atoms with E-state index in [9.17, 15) is 4.79 Å². The number of carbonyl (C=O) groups is 1. The van der Waals surface area contributed by atoms with Gasteiger partial charge in [-0.1, -0.05) is 30.3 Å². The van der Waals surface area contributed by atoms with E-state index in [1.54, 1.807) is 12.4 Å². The number of para-hydroxylation sites is 2. The molecule has 4 rings (SSSR count). The molecule has 7 N–H and O–H groups in total. The Bertz CT molecular complexity index is 1210. The second-order valence-corrected chi connectivity index (χ2v) is 7.07. The third kappa shape index (κ3) is 5.36. The van der Waals surface area contributed by atoms with Crippen LogP contribution in [0.2, 0.25) is 0 Å². The van der Waals surface area contributed by atoms with Crippen molar-refractivity contribution in [2.45, 2.75) is 13.0 Å². The maximum atomic E-state index is 11.6. The fourth-order valence-corrected chi connectivity index (χ4v) is 3.18. The Morgan fingerprint density at radius 2 is 1.84 bits per heavy atom. The smallest absolute Gasteiger partial charge is 0.344 e. The molecule has 10 nitrogen and oxygen atoms in total. The molecular formula is C22H23N9O. The second-order valence-electron chi connectivity index (χ2n) is 7.07. The third-order valence-electron chi connectivity index (χ3n) is 4.67. The van der Waals surface area contributed by atoms with Gasteiger partial charge in [-0.05, 0) is 29.3 Å². The maximum Gasteiger partial charge on any atom is 0.344 e. The van der Waals surface area contributed by atoms with Gasteiger partial charge >= 0.3 is 6.03 Å². The number of nitrogens with two attached hydrogens (primary N) is 2. The van der Waals surface area contributed by atoms with Crippen LogP contribution in [-0.4, -0.2) is 38.5 Å². The highest BCUT2D eigenvalue weighted by Gasteiger charge is 2.05. The lowest BCUT2D eigenvalue weighted by Gasteiger charge is -2.07. The van der Waals surface area contributed by atoms with Crippen molar-refractivity contribution in [1.29, 1.82) is 0 Å². The van der Waals surface area contributed by atoms with Gasteiger partial charge in [-0.3, -0.25) is 0 Å². The Morgan fingerprint density at radius 3 is 2.62 bits per heavy atom. The summed E-state index contributed by atoms with van der Waals surface area (Å²) in [5, 5.41) is 5.84. The number of H-pyrrole nitrogens is 1. The quantitative estimate of drug-likeness (QED) is 0.222. The summed E-state index contributed by atoms with van der Waals surface area (Å²) in [6.07, 6.45) is 4.24. The summed E-state index contributed by atoms with van der Waals surface area (Å²) in [4.78, 5) is 31.6. The Hall–Kier alpha value is -4.47. The average molecular weight is 429 g/mol. The molecule has 0 aliphatic rings. The van der Waals surface area contributed by atoms with Gasteiger partial charge in [0.2, 0.25) is 5.95 Å². The molecule has 2 amide bonds. The minimum atomic E-state index is -0.586. The zero-order chi connectivity index (χ0) is 22.3. The Morgan fingerprint density at radius 1 is 1.03 bits per heavy atom. The summed E-state index contributed by atoms with van der Waals surface area (Å²) < 4.78 is 0. The number of hydrogen-bond donors (Lipinski definition) is 5. The topological polar surface area (TPSA) is 160 Å². The Labute approximate surface area is 184 Å². The first-order chi connectivity index (χ1) is 15.6. The van der Waals surface area contributed by atoms with Crippen LogP contribution in [0.25, 0.3) is 22.2 Å². The molecule has 0 atom stereocenters. The number of nitrogens with zero attached hydrogens (tertiary/aromatic N) is 4. The molecule has 0 fully saturated rings. The van der Waals surface area contributed by atoms with Crippen LogP contribution < -0.4 is 22.1 Å². The number of guanidine groups is 1. The van der Waals surface area contributed by atoms with E-state index < -0.39 is 6.03 Å². The van der Waals surface area contributed by atoms with Crippen molar-refractivity contribution < 1.29 is 4.79 Å². The van der Waals surface area contributed by atoms with Gasteiger partial charge in [0, 0.05) is 37.5 Å². The minimum absolute atomic E-state index is 0.278. The van der Waals surface area contributed by atoms with Crippen molar-refractivity contribution >= 4 is 29.0 Å². The minimum Gasteiger partial charge on any atom is -0.370 e. The van der Waals surface area contributed by atoms with Gasteiger partial charge in [-0.2, -0.15) is 4.99 Å². The molecule has 2 aromatic heterocycles. The molecule has 0 aliphatic heterocycles. The molecule has 4 aromatic rings. The zero-order valence-electron chi connectivity index (χ0n) is 17.2. The van der Waals surface area contributed by atoms with E-state index in [2.05, 4.69) is 35.6 Å². The van der Waals surface area contributed by atoms with Gasteiger partial charge in [0.1, 0.15) is 5.82 Å². The highest BCUT2D eigenvalue weighted by atomic mass is 16.2. The standard InChI is InChI=1S/C22H23N9O/c23-20(24)31-22(32)28-11-14-4-3-5-15(10-14)16-12-26-21(27-13-16)25-9-8-19-29-17-6-1-2-7-18(17)30-19/h1-7,10,12-13H,8-9,11H2,(H,29,30)(H,25,26,27)(H5,23,24,28,31,32). The first-order valence-corrected chi connectivity index (χ1v) is 10.0. The molecule has 0 saturated heterocycles. The Kier molecular flexibility index (Phi) is 6.21. The fourth-order valence-electron chi connectivity index (χ4n) is 3.18. The predicted molar refractivity (Wildman–Crippen MR) is 124 cm³/mol. The molecule has 10 heteroatoms. The number of aliphatic imine (C=N–C) groups is 1. The van der Waals surface area contributed by atoms with E-state index in [4.69, 9.17) is 11.5 Å². The third-order valence-corrected chi connectivity index (χ3v) is 4.67. The Balaban J connectivity index is 1.33. The van der Waals surface area contributed by atoms with Crippen LogP contribution in [0, 0.1) is 0 Å². The second kappa shape index (κ2) is 9.56. The largest absolute Gasteiger partial charge is 0.370 e. The van der Waals surface area contributed by atoms with Crippen LogP contribution in [0.3, 0.4) is 0 Å². The monoisotopic (exact) mass is 429 g/mol. The van der Waals surface area contributed by atoms with Crippen molar-refractivity contribution in [3.63, 3.8) is 0 Å². The maximum absolute atomic E-state index is 11.6. The van der Waals surface area contributed by atoms with Crippen molar-refractivity contribution in [3.05, 3.63) is 72.3 Å². The highest BCUT2D eigenvalue weighted by molar-refractivity contribution is 5.90. The normalized spacial score (nSPS) is 10.6. The SMILES string of the molecule is NC(N)=NC(=O)NCc1cccc(-c2cnc(NCCc3nc4ccccc4[nH]3)nc2)c1. The van der Waals surface area contributed by atoms with Crippen LogP contribution in [-0.2, 0) is 13.0 Å². The number of benzene rings is 2. The van der Waals surface area contributed by atoms with Crippen LogP contribution in [0.5, 0.6) is 0 Å². The molecule has 0 aliphatic carbocycles. The number of anilines is 1. The number of carbonyl (C=O) groups excluding carboxylic acids is 1. The number of hydrogen-bond acceptors (Lipinski definition) is 5. The first kappa shape index (κ1) is 20.8. The fraction of sp³-hybridized carbons (Fsp3) is 0.136. The molecule has 2 aromatic carbocycles. The lowest BCUT2D eigenvalue weighted by atomic mass is 10.1. The van der Waals surface area contributed by atoms with Gasteiger partial charge in [0.15, 0.2) is 5.96 Å². The van der Waals surface area contributed by atoms with Crippen molar-refractivity contribution in [1.82, 2.24) is 25.3 Å². The number of aromatic amines is 1. The number of rotatable bonds is 7. The number of nitrogens with one attached hydrogen (secondary N) is 3. The summed E-state index contributed by atoms with van der Waals surface area (Å²) in [6, 6.07) is 15.1. The van der Waals surface area contributed by atoms with Gasteiger partial charge < -0.3 is 27.1 Å². The van der Waals surface area contributed by atoms with Crippen molar-refractivity contribution in [2.24, 2.45) is 16.5 Å². The van der Waals surface area contributed by atoms with Gasteiger partial charge in [-0.15, -0.1) is 0 Å². The number of urea groups is 1.